The third-order valence-electron chi connectivity index (χ3n) is 4.89. The number of hydrogen-bond donors (Lipinski definition) is 1. The molecule has 1 aromatic carbocycles. The molecule has 0 saturated carbocycles. The maximum Gasteiger partial charge on any atom is 0.238 e. The van der Waals surface area contributed by atoms with Crippen LogP contribution in [0.3, 0.4) is 0 Å². The molecule has 1 aliphatic rings. The summed E-state index contributed by atoms with van der Waals surface area (Å²) in [6.45, 7) is 12.1. The number of hydrogen-bond acceptors (Lipinski definition) is 5. The standard InChI is InChI=1S/C21H28BrN5O/c1-14(2)21-23-16(4)11-19(25-21)27-9-7-26(8-10-27)13-20(28)24-17-6-5-15(3)18(22)12-17/h5-6,11-12,14H,7-10,13H2,1-4H3,(H,24,28). The average molecular weight is 446 g/mol. The molecule has 1 fully saturated rings. The Balaban J connectivity index is 1.54. The van der Waals surface area contributed by atoms with Crippen LogP contribution in [-0.4, -0.2) is 53.5 Å². The molecular weight excluding hydrogens is 418 g/mol. The Kier molecular flexibility index (Phi) is 6.67. The summed E-state index contributed by atoms with van der Waals surface area (Å²) in [5, 5.41) is 2.98. The zero-order chi connectivity index (χ0) is 20.3. The highest BCUT2D eigenvalue weighted by Crippen LogP contribution is 2.21. The van der Waals surface area contributed by atoms with Crippen LogP contribution >= 0.6 is 15.9 Å². The molecule has 6 nitrogen and oxygen atoms in total. The van der Waals surface area contributed by atoms with Gasteiger partial charge in [0.25, 0.3) is 0 Å². The van der Waals surface area contributed by atoms with Crippen LogP contribution in [0.15, 0.2) is 28.7 Å². The fourth-order valence-corrected chi connectivity index (χ4v) is 3.58. The van der Waals surface area contributed by atoms with Crippen molar-refractivity contribution >= 4 is 33.3 Å². The van der Waals surface area contributed by atoms with E-state index in [0.29, 0.717) is 12.5 Å². The molecule has 2 heterocycles. The van der Waals surface area contributed by atoms with Crippen LogP contribution in [0.4, 0.5) is 11.5 Å². The van der Waals surface area contributed by atoms with Crippen LogP contribution in [0.2, 0.25) is 0 Å². The first-order valence-corrected chi connectivity index (χ1v) is 10.5. The Labute approximate surface area is 175 Å². The monoisotopic (exact) mass is 445 g/mol. The minimum absolute atomic E-state index is 0.0178. The second-order valence-corrected chi connectivity index (χ2v) is 8.51. The molecule has 0 radical (unpaired) electrons. The number of amides is 1. The maximum absolute atomic E-state index is 12.4. The van der Waals surface area contributed by atoms with E-state index in [1.165, 1.54) is 0 Å². The SMILES string of the molecule is Cc1cc(N2CCN(CC(=O)Nc3ccc(C)c(Br)c3)CC2)nc(C(C)C)n1. The third kappa shape index (κ3) is 5.29. The number of carbonyl (C=O) groups excluding carboxylic acids is 1. The number of nitrogens with one attached hydrogen (secondary N) is 1. The summed E-state index contributed by atoms with van der Waals surface area (Å²) in [4.78, 5) is 26.1. The van der Waals surface area contributed by atoms with Crippen LogP contribution in [0.25, 0.3) is 0 Å². The van der Waals surface area contributed by atoms with Crippen molar-refractivity contribution in [1.29, 1.82) is 0 Å². The molecule has 1 saturated heterocycles. The minimum Gasteiger partial charge on any atom is -0.354 e. The van der Waals surface area contributed by atoms with Crippen molar-refractivity contribution < 1.29 is 4.79 Å². The van der Waals surface area contributed by atoms with Crippen molar-refractivity contribution in [3.63, 3.8) is 0 Å². The molecule has 0 spiro atoms. The Morgan fingerprint density at radius 3 is 2.50 bits per heavy atom. The van der Waals surface area contributed by atoms with Crippen molar-refractivity contribution in [2.45, 2.75) is 33.6 Å². The van der Waals surface area contributed by atoms with E-state index in [-0.39, 0.29) is 5.91 Å². The number of nitrogens with zero attached hydrogens (tertiary/aromatic N) is 4. The molecule has 0 aliphatic carbocycles. The van der Waals surface area contributed by atoms with Crippen molar-refractivity contribution in [3.8, 4) is 0 Å². The molecule has 28 heavy (non-hydrogen) atoms. The second-order valence-electron chi connectivity index (χ2n) is 7.66. The Morgan fingerprint density at radius 2 is 1.86 bits per heavy atom. The fourth-order valence-electron chi connectivity index (χ4n) is 3.20. The number of aromatic nitrogens is 2. The highest BCUT2D eigenvalue weighted by atomic mass is 79.9. The zero-order valence-electron chi connectivity index (χ0n) is 17.0. The van der Waals surface area contributed by atoms with E-state index >= 15 is 0 Å². The van der Waals surface area contributed by atoms with Crippen molar-refractivity contribution in [2.75, 3.05) is 42.9 Å². The number of benzene rings is 1. The molecule has 0 bridgehead atoms. The van der Waals surface area contributed by atoms with Gasteiger partial charge in [0.1, 0.15) is 11.6 Å². The van der Waals surface area contributed by atoms with Gasteiger partial charge in [-0.3, -0.25) is 9.69 Å². The van der Waals surface area contributed by atoms with E-state index in [1.807, 2.05) is 38.1 Å². The summed E-state index contributed by atoms with van der Waals surface area (Å²) in [7, 11) is 0. The van der Waals surface area contributed by atoms with Gasteiger partial charge in [-0.25, -0.2) is 9.97 Å². The van der Waals surface area contributed by atoms with E-state index in [0.717, 1.165) is 59.2 Å². The molecule has 1 N–H and O–H groups in total. The molecule has 2 aromatic rings. The lowest BCUT2D eigenvalue weighted by atomic mass is 10.2. The molecular formula is C21H28BrN5O. The van der Waals surface area contributed by atoms with Crippen LogP contribution in [-0.2, 0) is 4.79 Å². The van der Waals surface area contributed by atoms with Crippen molar-refractivity contribution in [3.05, 3.63) is 45.8 Å². The molecule has 1 amide bonds. The summed E-state index contributed by atoms with van der Waals surface area (Å²) < 4.78 is 1.000. The smallest absolute Gasteiger partial charge is 0.238 e. The summed E-state index contributed by atoms with van der Waals surface area (Å²) in [6, 6.07) is 7.91. The first-order chi connectivity index (χ1) is 13.3. The molecule has 0 atom stereocenters. The summed E-state index contributed by atoms with van der Waals surface area (Å²) in [5.41, 5.74) is 2.97. The molecule has 150 valence electrons. The first kappa shape index (κ1) is 20.7. The second kappa shape index (κ2) is 9.01. The minimum atomic E-state index is 0.0178. The van der Waals surface area contributed by atoms with Gasteiger partial charge in [-0.05, 0) is 31.5 Å². The first-order valence-electron chi connectivity index (χ1n) is 9.70. The lowest BCUT2D eigenvalue weighted by Gasteiger charge is -2.35. The number of halogens is 1. The lowest BCUT2D eigenvalue weighted by Crippen LogP contribution is -2.49. The van der Waals surface area contributed by atoms with Crippen LogP contribution < -0.4 is 10.2 Å². The Hall–Kier alpha value is -1.99. The third-order valence-corrected chi connectivity index (χ3v) is 5.75. The summed E-state index contributed by atoms with van der Waals surface area (Å²) in [5.74, 6) is 2.21. The Morgan fingerprint density at radius 1 is 1.14 bits per heavy atom. The molecule has 1 aliphatic heterocycles. The number of piperazine rings is 1. The lowest BCUT2D eigenvalue weighted by molar-refractivity contribution is -0.117. The summed E-state index contributed by atoms with van der Waals surface area (Å²) in [6.07, 6.45) is 0. The van der Waals surface area contributed by atoms with Gasteiger partial charge in [-0.1, -0.05) is 35.8 Å². The Bertz CT molecular complexity index is 847. The van der Waals surface area contributed by atoms with Gasteiger partial charge < -0.3 is 10.2 Å². The van der Waals surface area contributed by atoms with Crippen molar-refractivity contribution in [1.82, 2.24) is 14.9 Å². The van der Waals surface area contributed by atoms with Gasteiger partial charge in [0.2, 0.25) is 5.91 Å². The van der Waals surface area contributed by atoms with Gasteiger partial charge in [-0.15, -0.1) is 0 Å². The predicted molar refractivity (Wildman–Crippen MR) is 117 cm³/mol. The van der Waals surface area contributed by atoms with Crippen molar-refractivity contribution in [2.24, 2.45) is 0 Å². The highest BCUT2D eigenvalue weighted by Gasteiger charge is 2.21. The van der Waals surface area contributed by atoms with E-state index < -0.39 is 0 Å². The van der Waals surface area contributed by atoms with Gasteiger partial charge in [0.15, 0.2) is 0 Å². The number of anilines is 2. The number of rotatable bonds is 5. The van der Waals surface area contributed by atoms with Gasteiger partial charge >= 0.3 is 0 Å². The topological polar surface area (TPSA) is 61.4 Å². The van der Waals surface area contributed by atoms with E-state index in [9.17, 15) is 4.79 Å². The predicted octanol–water partition coefficient (Wildman–Crippen LogP) is 3.74. The molecule has 1 aromatic heterocycles. The molecule has 3 rings (SSSR count). The van der Waals surface area contributed by atoms with Gasteiger partial charge in [0.05, 0.1) is 6.54 Å². The summed E-state index contributed by atoms with van der Waals surface area (Å²) >= 11 is 3.50. The zero-order valence-corrected chi connectivity index (χ0v) is 18.6. The highest BCUT2D eigenvalue weighted by molar-refractivity contribution is 9.10. The van der Waals surface area contributed by atoms with Crippen LogP contribution in [0.1, 0.15) is 36.8 Å². The van der Waals surface area contributed by atoms with E-state index in [2.05, 4.69) is 49.9 Å². The van der Waals surface area contributed by atoms with Crippen LogP contribution in [0, 0.1) is 13.8 Å². The van der Waals surface area contributed by atoms with Crippen LogP contribution in [0.5, 0.6) is 0 Å². The normalized spacial score (nSPS) is 15.1. The van der Waals surface area contributed by atoms with Gasteiger partial charge in [-0.2, -0.15) is 0 Å². The molecule has 7 heteroatoms. The van der Waals surface area contributed by atoms with E-state index in [1.54, 1.807) is 0 Å². The molecule has 0 unspecified atom stereocenters. The maximum atomic E-state index is 12.4. The largest absolute Gasteiger partial charge is 0.354 e. The number of carbonyl (C=O) groups is 1. The fraction of sp³-hybridized carbons (Fsp3) is 0.476. The number of aryl methyl sites for hydroxylation is 2. The van der Waals surface area contributed by atoms with E-state index in [4.69, 9.17) is 4.98 Å². The quantitative estimate of drug-likeness (QED) is 0.759. The average Bonchev–Trinajstić information content (AvgIpc) is 2.65. The van der Waals surface area contributed by atoms with Gasteiger partial charge in [0, 0.05) is 54.0 Å².